The van der Waals surface area contributed by atoms with Crippen LogP contribution >= 0.6 is 15.6 Å². The summed E-state index contributed by atoms with van der Waals surface area (Å²) in [6, 6.07) is 0. The second-order valence-corrected chi connectivity index (χ2v) is 31.0. The number of esters is 4. The van der Waals surface area contributed by atoms with Crippen molar-refractivity contribution >= 4 is 39.5 Å². The van der Waals surface area contributed by atoms with E-state index in [-0.39, 0.29) is 25.7 Å². The normalized spacial score (nSPS) is 14.4. The molecular formula is C87H152O17P2. The molecular weight excluding hydrogens is 1380 g/mol. The summed E-state index contributed by atoms with van der Waals surface area (Å²) in [4.78, 5) is 73.1. The van der Waals surface area contributed by atoms with E-state index < -0.39 is 97.5 Å². The maximum atomic E-state index is 13.1. The minimum atomic E-state index is -5.01. The van der Waals surface area contributed by atoms with E-state index in [1.165, 1.54) is 154 Å². The van der Waals surface area contributed by atoms with Crippen molar-refractivity contribution in [1.82, 2.24) is 0 Å². The van der Waals surface area contributed by atoms with E-state index in [0.717, 1.165) is 116 Å². The van der Waals surface area contributed by atoms with E-state index in [1.807, 2.05) is 24.3 Å². The molecule has 17 nitrogen and oxygen atoms in total. The molecule has 0 rings (SSSR count). The molecule has 2 unspecified atom stereocenters. The third-order valence-corrected chi connectivity index (χ3v) is 19.6. The van der Waals surface area contributed by atoms with Crippen LogP contribution in [0.5, 0.6) is 0 Å². The van der Waals surface area contributed by atoms with Crippen LogP contribution in [-0.4, -0.2) is 96.7 Å². The number of hydrogen-bond acceptors (Lipinski definition) is 15. The Labute approximate surface area is 645 Å². The second kappa shape index (κ2) is 78.8. The first-order valence-electron chi connectivity index (χ1n) is 42.1. The molecule has 0 aliphatic carbocycles. The number of ether oxygens (including phenoxy) is 4. The summed E-state index contributed by atoms with van der Waals surface area (Å²) in [6.45, 7) is 4.74. The molecule has 0 aromatic carbocycles. The topological polar surface area (TPSA) is 237 Å². The SMILES string of the molecule is CCCCC/C=C\C/C=C\C/C=C\C/C=C\CCCC(=O)OC[C@H](COP(=O)(O)OC[C@H](O)COP(=O)(O)OC[C@@H](COC(=O)CCCCCCC/C=C\CCCCCCCC)OC(=O)CCCCCCCCCCCCCCCCCCC)OC(=O)CCC/C=C\C/C=C\C/C=C\C/C=C\CCCCC. The Kier molecular flexibility index (Phi) is 75.6. The van der Waals surface area contributed by atoms with E-state index in [9.17, 15) is 43.2 Å². The lowest BCUT2D eigenvalue weighted by atomic mass is 10.0. The van der Waals surface area contributed by atoms with E-state index in [2.05, 4.69) is 113 Å². The van der Waals surface area contributed by atoms with Crippen LogP contribution in [0.25, 0.3) is 0 Å². The van der Waals surface area contributed by atoms with Gasteiger partial charge in [-0.05, 0) is 128 Å². The monoisotopic (exact) mass is 1530 g/mol. The first kappa shape index (κ1) is 102. The van der Waals surface area contributed by atoms with Crippen LogP contribution in [0.2, 0.25) is 0 Å². The average Bonchev–Trinajstić information content (AvgIpc) is 0.905. The van der Waals surface area contributed by atoms with Gasteiger partial charge in [0.15, 0.2) is 12.2 Å². The highest BCUT2D eigenvalue weighted by atomic mass is 31.2. The van der Waals surface area contributed by atoms with Gasteiger partial charge in [0.1, 0.15) is 19.3 Å². The molecule has 19 heteroatoms. The fraction of sp³-hybridized carbons (Fsp3) is 0.747. The lowest BCUT2D eigenvalue weighted by Gasteiger charge is -2.21. The van der Waals surface area contributed by atoms with E-state index in [0.29, 0.717) is 38.5 Å². The van der Waals surface area contributed by atoms with Gasteiger partial charge in [-0.15, -0.1) is 0 Å². The second-order valence-electron chi connectivity index (χ2n) is 28.1. The van der Waals surface area contributed by atoms with Crippen molar-refractivity contribution in [2.45, 2.75) is 380 Å². The zero-order valence-electron chi connectivity index (χ0n) is 67.1. The fourth-order valence-electron chi connectivity index (χ4n) is 11.3. The number of phosphoric ester groups is 2. The van der Waals surface area contributed by atoms with Gasteiger partial charge in [0.25, 0.3) is 0 Å². The lowest BCUT2D eigenvalue weighted by Crippen LogP contribution is -2.30. The van der Waals surface area contributed by atoms with Crippen molar-refractivity contribution in [3.05, 3.63) is 109 Å². The van der Waals surface area contributed by atoms with Crippen LogP contribution in [0.15, 0.2) is 109 Å². The Morgan fingerprint density at radius 3 is 0.783 bits per heavy atom. The molecule has 0 amide bonds. The number of unbranched alkanes of at least 4 members (excludes halogenated alkanes) is 35. The van der Waals surface area contributed by atoms with Crippen molar-refractivity contribution < 1.29 is 80.2 Å². The summed E-state index contributed by atoms with van der Waals surface area (Å²) in [5.41, 5.74) is 0. The predicted octanol–water partition coefficient (Wildman–Crippen LogP) is 24.9. The Hall–Kier alpha value is -4.28. The largest absolute Gasteiger partial charge is 0.472 e. The van der Waals surface area contributed by atoms with Gasteiger partial charge in [-0.25, -0.2) is 9.13 Å². The third-order valence-electron chi connectivity index (χ3n) is 17.7. The molecule has 0 saturated heterocycles. The lowest BCUT2D eigenvalue weighted by molar-refractivity contribution is -0.161. The Bertz CT molecular complexity index is 2430. The van der Waals surface area contributed by atoms with Gasteiger partial charge >= 0.3 is 39.5 Å². The minimum absolute atomic E-state index is 0.00657. The summed E-state index contributed by atoms with van der Waals surface area (Å²) in [5.74, 6) is -2.30. The van der Waals surface area contributed by atoms with Gasteiger partial charge in [0, 0.05) is 25.7 Å². The average molecular weight is 1530 g/mol. The molecule has 0 aromatic heterocycles. The highest BCUT2D eigenvalue weighted by Crippen LogP contribution is 2.45. The molecule has 0 bridgehead atoms. The molecule has 3 N–H and O–H groups in total. The molecule has 0 spiro atoms. The Morgan fingerprint density at radius 1 is 0.264 bits per heavy atom. The van der Waals surface area contributed by atoms with Crippen LogP contribution in [0.4, 0.5) is 0 Å². The molecule has 0 aliphatic heterocycles. The molecule has 106 heavy (non-hydrogen) atoms. The first-order valence-corrected chi connectivity index (χ1v) is 45.1. The molecule has 5 atom stereocenters. The minimum Gasteiger partial charge on any atom is -0.462 e. The first-order chi connectivity index (χ1) is 51.7. The molecule has 0 fully saturated rings. The van der Waals surface area contributed by atoms with Crippen LogP contribution in [-0.2, 0) is 65.4 Å². The summed E-state index contributed by atoms with van der Waals surface area (Å²) < 4.78 is 68.6. The van der Waals surface area contributed by atoms with Crippen molar-refractivity contribution in [1.29, 1.82) is 0 Å². The van der Waals surface area contributed by atoms with E-state index >= 15 is 0 Å². The zero-order chi connectivity index (χ0) is 77.4. The van der Waals surface area contributed by atoms with Gasteiger partial charge in [0.05, 0.1) is 26.4 Å². The number of hydrogen-bond donors (Lipinski definition) is 3. The molecule has 0 radical (unpaired) electrons. The Balaban J connectivity index is 5.45. The maximum absolute atomic E-state index is 13.1. The summed E-state index contributed by atoms with van der Waals surface area (Å²) in [7, 11) is -9.99. The van der Waals surface area contributed by atoms with Crippen LogP contribution in [0, 0.1) is 0 Å². The van der Waals surface area contributed by atoms with Crippen molar-refractivity contribution in [2.75, 3.05) is 39.6 Å². The van der Waals surface area contributed by atoms with Crippen molar-refractivity contribution in [2.24, 2.45) is 0 Å². The van der Waals surface area contributed by atoms with Gasteiger partial charge in [-0.3, -0.25) is 37.3 Å². The standard InChI is InChI=1S/C87H152O17P2/c1-5-9-13-17-21-25-29-33-37-40-44-48-52-56-60-64-68-72-85(90)98-78-83(104-87(92)74-70-66-62-58-54-50-46-42-39-35-31-27-23-19-15-11-7-3)80-102-106(95,96)100-76-81(88)75-99-105(93,94)101-79-82(77-97-84(89)71-67-63-59-55-51-47-43-36-32-28-24-20-16-12-8-4)103-86(91)73-69-65-61-57-53-49-45-41-38-34-30-26-22-18-14-10-6-2/h21,23,25,27,33,35-37,39,43-44,46,48,50,56,58,60,62,81-83,88H,5-20,22,24,26,28-32,34,38,40-42,45,47,49,51-55,57,59,61,63-80H2,1-4H3,(H,93,94)(H,95,96)/b25-21-,27-23-,37-33-,39-35-,43-36-,48-44-,50-46-,60-56-,62-58-/t81-,82-,83-/m1/s1. The highest BCUT2D eigenvalue weighted by Gasteiger charge is 2.30. The van der Waals surface area contributed by atoms with Crippen LogP contribution < -0.4 is 0 Å². The van der Waals surface area contributed by atoms with Gasteiger partial charge in [-0.1, -0.05) is 317 Å². The molecule has 0 aromatic rings. The van der Waals surface area contributed by atoms with Crippen molar-refractivity contribution in [3.8, 4) is 0 Å². The number of rotatable bonds is 79. The molecule has 612 valence electrons. The van der Waals surface area contributed by atoms with E-state index in [4.69, 9.17) is 37.0 Å². The van der Waals surface area contributed by atoms with Gasteiger partial charge in [0.2, 0.25) is 0 Å². The number of aliphatic hydroxyl groups excluding tert-OH is 1. The smallest absolute Gasteiger partial charge is 0.462 e. The van der Waals surface area contributed by atoms with Crippen molar-refractivity contribution in [3.63, 3.8) is 0 Å². The number of allylic oxidation sites excluding steroid dienone is 18. The quantitative estimate of drug-likeness (QED) is 0.0169. The van der Waals surface area contributed by atoms with Crippen LogP contribution in [0.1, 0.15) is 362 Å². The molecule has 0 aliphatic rings. The summed E-state index contributed by atoms with van der Waals surface area (Å²) in [5, 5.41) is 10.7. The number of phosphoric acid groups is 2. The Morgan fingerprint density at radius 2 is 0.472 bits per heavy atom. The molecule has 0 saturated carbocycles. The summed E-state index contributed by atoms with van der Waals surface area (Å²) in [6.07, 6.45) is 86.4. The number of carbonyl (C=O) groups is 4. The van der Waals surface area contributed by atoms with E-state index in [1.54, 1.807) is 0 Å². The maximum Gasteiger partial charge on any atom is 0.472 e. The van der Waals surface area contributed by atoms with Gasteiger partial charge < -0.3 is 33.8 Å². The predicted molar refractivity (Wildman–Crippen MR) is 436 cm³/mol. The third kappa shape index (κ3) is 77.9. The summed E-state index contributed by atoms with van der Waals surface area (Å²) >= 11 is 0. The van der Waals surface area contributed by atoms with Gasteiger partial charge in [-0.2, -0.15) is 0 Å². The fourth-order valence-corrected chi connectivity index (χ4v) is 12.8. The number of carbonyl (C=O) groups excluding carboxylic acids is 4. The van der Waals surface area contributed by atoms with Crippen LogP contribution in [0.3, 0.4) is 0 Å². The number of aliphatic hydroxyl groups is 1. The zero-order valence-corrected chi connectivity index (χ0v) is 68.9. The highest BCUT2D eigenvalue weighted by molar-refractivity contribution is 7.47. The molecule has 0 heterocycles.